The second kappa shape index (κ2) is 6.51. The Balaban J connectivity index is 2.18. The van der Waals surface area contributed by atoms with Crippen LogP contribution in [-0.4, -0.2) is 8.42 Å². The highest BCUT2D eigenvalue weighted by atomic mass is 127. The molecule has 0 aliphatic carbocycles. The third-order valence-corrected chi connectivity index (χ3v) is 4.92. The molecule has 2 rings (SSSR count). The lowest BCUT2D eigenvalue weighted by Gasteiger charge is -2.17. The number of anilines is 1. The number of rotatable bonds is 4. The average Bonchev–Trinajstić information content (AvgIpc) is 2.41. The third-order valence-electron chi connectivity index (χ3n) is 3.01. The van der Waals surface area contributed by atoms with Crippen molar-refractivity contribution < 1.29 is 8.42 Å². The van der Waals surface area contributed by atoms with Gasteiger partial charge in [0.25, 0.3) is 0 Å². The van der Waals surface area contributed by atoms with E-state index in [2.05, 4.69) is 27.9 Å². The molecule has 0 aromatic heterocycles. The zero-order valence-electron chi connectivity index (χ0n) is 11.2. The van der Waals surface area contributed by atoms with Gasteiger partial charge < -0.3 is 5.32 Å². The molecule has 1 unspecified atom stereocenters. The molecule has 7 heteroatoms. The summed E-state index contributed by atoms with van der Waals surface area (Å²) in [5.41, 5.74) is 1.78. The standard InChI is InChI=1S/C14H14ClIN2O2S/c1-9(18-14-7-4-11(16)8-13(14)15)10-2-5-12(6-3-10)21(17,19)20/h2-9,18H,1H3,(H2,17,19,20). The number of hydrogen-bond acceptors (Lipinski definition) is 3. The number of primary sulfonamides is 1. The van der Waals surface area contributed by atoms with Crippen molar-refractivity contribution in [2.45, 2.75) is 17.9 Å². The van der Waals surface area contributed by atoms with Gasteiger partial charge >= 0.3 is 0 Å². The Morgan fingerprint density at radius 2 is 1.81 bits per heavy atom. The molecule has 2 aromatic rings. The van der Waals surface area contributed by atoms with Crippen molar-refractivity contribution in [1.82, 2.24) is 0 Å². The molecule has 0 bridgehead atoms. The largest absolute Gasteiger partial charge is 0.377 e. The van der Waals surface area contributed by atoms with Crippen molar-refractivity contribution in [3.63, 3.8) is 0 Å². The summed E-state index contributed by atoms with van der Waals surface area (Å²) in [4.78, 5) is 0.103. The third kappa shape index (κ3) is 4.32. The van der Waals surface area contributed by atoms with Crippen LogP contribution in [0.5, 0.6) is 0 Å². The van der Waals surface area contributed by atoms with Gasteiger partial charge in [-0.3, -0.25) is 0 Å². The van der Waals surface area contributed by atoms with E-state index in [-0.39, 0.29) is 10.9 Å². The van der Waals surface area contributed by atoms with Crippen LogP contribution in [0.1, 0.15) is 18.5 Å². The van der Waals surface area contributed by atoms with Gasteiger partial charge in [0.1, 0.15) is 0 Å². The minimum absolute atomic E-state index is 0.0166. The molecule has 0 amide bonds. The Hall–Kier alpha value is -0.830. The Kier molecular flexibility index (Phi) is 5.13. The fourth-order valence-corrected chi connectivity index (χ4v) is 3.30. The summed E-state index contributed by atoms with van der Waals surface area (Å²) in [5.74, 6) is 0. The van der Waals surface area contributed by atoms with Gasteiger partial charge in [-0.25, -0.2) is 13.6 Å². The molecule has 2 aromatic carbocycles. The number of nitrogens with one attached hydrogen (secondary N) is 1. The van der Waals surface area contributed by atoms with Crippen LogP contribution >= 0.6 is 34.2 Å². The molecule has 112 valence electrons. The maximum absolute atomic E-state index is 11.2. The predicted octanol–water partition coefficient (Wildman–Crippen LogP) is 3.77. The number of benzene rings is 2. The van der Waals surface area contributed by atoms with Crippen LogP contribution in [-0.2, 0) is 10.0 Å². The molecule has 0 heterocycles. The minimum atomic E-state index is -3.66. The zero-order chi connectivity index (χ0) is 15.6. The zero-order valence-corrected chi connectivity index (χ0v) is 14.9. The topological polar surface area (TPSA) is 72.2 Å². The lowest BCUT2D eigenvalue weighted by atomic mass is 10.1. The second-order valence-corrected chi connectivity index (χ2v) is 7.82. The van der Waals surface area contributed by atoms with E-state index in [0.717, 1.165) is 14.8 Å². The lowest BCUT2D eigenvalue weighted by molar-refractivity contribution is 0.597. The van der Waals surface area contributed by atoms with E-state index >= 15 is 0 Å². The molecule has 21 heavy (non-hydrogen) atoms. The fourth-order valence-electron chi connectivity index (χ4n) is 1.87. The van der Waals surface area contributed by atoms with Gasteiger partial charge in [0.2, 0.25) is 10.0 Å². The van der Waals surface area contributed by atoms with E-state index in [9.17, 15) is 8.42 Å². The Morgan fingerprint density at radius 3 is 2.33 bits per heavy atom. The van der Waals surface area contributed by atoms with Gasteiger partial charge in [0.15, 0.2) is 0 Å². The highest BCUT2D eigenvalue weighted by Gasteiger charge is 2.11. The lowest BCUT2D eigenvalue weighted by Crippen LogP contribution is -2.12. The van der Waals surface area contributed by atoms with E-state index in [1.807, 2.05) is 25.1 Å². The SMILES string of the molecule is CC(Nc1ccc(I)cc1Cl)c1ccc(S(N)(=O)=O)cc1. The monoisotopic (exact) mass is 436 g/mol. The van der Waals surface area contributed by atoms with Crippen molar-refractivity contribution in [2.24, 2.45) is 5.14 Å². The van der Waals surface area contributed by atoms with Gasteiger partial charge in [-0.15, -0.1) is 0 Å². The quantitative estimate of drug-likeness (QED) is 0.717. The van der Waals surface area contributed by atoms with Gasteiger partial charge in [0.05, 0.1) is 15.6 Å². The van der Waals surface area contributed by atoms with Crippen molar-refractivity contribution in [1.29, 1.82) is 0 Å². The molecule has 0 saturated carbocycles. The molecule has 0 saturated heterocycles. The van der Waals surface area contributed by atoms with E-state index in [1.54, 1.807) is 12.1 Å². The molecule has 0 spiro atoms. The van der Waals surface area contributed by atoms with E-state index in [4.69, 9.17) is 16.7 Å². The summed E-state index contributed by atoms with van der Waals surface area (Å²) in [6.45, 7) is 1.97. The van der Waals surface area contributed by atoms with Gasteiger partial charge in [-0.1, -0.05) is 23.7 Å². The van der Waals surface area contributed by atoms with Crippen molar-refractivity contribution in [3.8, 4) is 0 Å². The second-order valence-electron chi connectivity index (χ2n) is 4.60. The number of sulfonamides is 1. The summed E-state index contributed by atoms with van der Waals surface area (Å²) in [6, 6.07) is 12.2. The van der Waals surface area contributed by atoms with Crippen LogP contribution in [0.4, 0.5) is 5.69 Å². The summed E-state index contributed by atoms with van der Waals surface area (Å²) in [6.07, 6.45) is 0. The Morgan fingerprint density at radius 1 is 1.19 bits per heavy atom. The summed E-state index contributed by atoms with van der Waals surface area (Å²) in [7, 11) is -3.66. The smallest absolute Gasteiger partial charge is 0.238 e. The summed E-state index contributed by atoms with van der Waals surface area (Å²) < 4.78 is 23.5. The highest BCUT2D eigenvalue weighted by Crippen LogP contribution is 2.28. The molecular weight excluding hydrogens is 423 g/mol. The van der Waals surface area contributed by atoms with Crippen LogP contribution in [0.25, 0.3) is 0 Å². The Bertz CT molecular complexity index is 748. The van der Waals surface area contributed by atoms with E-state index in [1.165, 1.54) is 12.1 Å². The van der Waals surface area contributed by atoms with Crippen LogP contribution in [0, 0.1) is 3.57 Å². The molecule has 1 atom stereocenters. The molecule has 3 N–H and O–H groups in total. The molecule has 4 nitrogen and oxygen atoms in total. The van der Waals surface area contributed by atoms with E-state index < -0.39 is 10.0 Å². The summed E-state index contributed by atoms with van der Waals surface area (Å²) in [5, 5.41) is 9.02. The fraction of sp³-hybridized carbons (Fsp3) is 0.143. The minimum Gasteiger partial charge on any atom is -0.377 e. The predicted molar refractivity (Wildman–Crippen MR) is 94.0 cm³/mol. The first-order valence-corrected chi connectivity index (χ1v) is 9.12. The molecule has 0 radical (unpaired) electrons. The first-order valence-electron chi connectivity index (χ1n) is 6.12. The van der Waals surface area contributed by atoms with Crippen molar-refractivity contribution in [2.75, 3.05) is 5.32 Å². The van der Waals surface area contributed by atoms with Gasteiger partial charge in [-0.05, 0) is 65.4 Å². The number of nitrogens with two attached hydrogens (primary N) is 1. The molecule has 0 fully saturated rings. The number of halogens is 2. The van der Waals surface area contributed by atoms with Crippen LogP contribution < -0.4 is 10.5 Å². The maximum Gasteiger partial charge on any atom is 0.238 e. The van der Waals surface area contributed by atoms with Crippen LogP contribution in [0.2, 0.25) is 5.02 Å². The van der Waals surface area contributed by atoms with Gasteiger partial charge in [0, 0.05) is 9.61 Å². The van der Waals surface area contributed by atoms with Crippen molar-refractivity contribution >= 4 is 49.9 Å². The Labute approximate surface area is 142 Å². The first kappa shape index (κ1) is 16.5. The normalized spacial score (nSPS) is 13.0. The van der Waals surface area contributed by atoms with Crippen molar-refractivity contribution in [3.05, 3.63) is 56.6 Å². The van der Waals surface area contributed by atoms with E-state index in [0.29, 0.717) is 5.02 Å². The molecular formula is C14H14ClIN2O2S. The average molecular weight is 437 g/mol. The van der Waals surface area contributed by atoms with Gasteiger partial charge in [-0.2, -0.15) is 0 Å². The summed E-state index contributed by atoms with van der Waals surface area (Å²) >= 11 is 8.38. The number of hydrogen-bond donors (Lipinski definition) is 2. The molecule has 0 aliphatic rings. The first-order chi connectivity index (χ1) is 9.77. The maximum atomic E-state index is 11.2. The highest BCUT2D eigenvalue weighted by molar-refractivity contribution is 14.1. The van der Waals surface area contributed by atoms with Crippen LogP contribution in [0.15, 0.2) is 47.4 Å². The molecule has 0 aliphatic heterocycles. The van der Waals surface area contributed by atoms with Crippen LogP contribution in [0.3, 0.4) is 0 Å².